The van der Waals surface area contributed by atoms with Crippen molar-refractivity contribution in [1.29, 1.82) is 0 Å². The largest absolute Gasteiger partial charge is 0.375 e. The summed E-state index contributed by atoms with van der Waals surface area (Å²) >= 11 is 0. The number of hydrogen-bond acceptors (Lipinski definition) is 4. The van der Waals surface area contributed by atoms with Gasteiger partial charge in [-0.15, -0.1) is 0 Å². The highest BCUT2D eigenvalue weighted by molar-refractivity contribution is 7.71. The van der Waals surface area contributed by atoms with Crippen LogP contribution < -0.4 is 0 Å². The highest BCUT2D eigenvalue weighted by Crippen LogP contribution is 2.72. The summed E-state index contributed by atoms with van der Waals surface area (Å²) in [6, 6.07) is 3.51. The monoisotopic (exact) mass is 269 g/mol. The van der Waals surface area contributed by atoms with Gasteiger partial charge in [0.25, 0.3) is 0 Å². The van der Waals surface area contributed by atoms with Gasteiger partial charge in [-0.05, 0) is 12.1 Å². The van der Waals surface area contributed by atoms with E-state index in [2.05, 4.69) is 4.98 Å². The van der Waals surface area contributed by atoms with Crippen LogP contribution in [-0.4, -0.2) is 29.7 Å². The molecule has 1 aromatic rings. The van der Waals surface area contributed by atoms with E-state index in [4.69, 9.17) is 19.6 Å². The minimum absolute atomic E-state index is 0.781. The lowest BCUT2D eigenvalue weighted by Crippen LogP contribution is -2.26. The van der Waals surface area contributed by atoms with Crippen LogP contribution in [0.15, 0.2) is 24.4 Å². The van der Waals surface area contributed by atoms with Crippen LogP contribution in [0.25, 0.3) is 0 Å². The molecule has 1 rings (SSSR count). The second-order valence-electron chi connectivity index (χ2n) is 2.94. The molecule has 16 heavy (non-hydrogen) atoms. The molecule has 0 fully saturated rings. The molecule has 90 valence electrons. The van der Waals surface area contributed by atoms with Crippen LogP contribution in [0.3, 0.4) is 0 Å². The predicted octanol–water partition coefficient (Wildman–Crippen LogP) is -0.460. The van der Waals surface area contributed by atoms with E-state index in [1.807, 2.05) is 0 Å². The second-order valence-corrected chi connectivity index (χ2v) is 6.76. The smallest absolute Gasteiger partial charge is 0.363 e. The van der Waals surface area contributed by atoms with E-state index < -0.39 is 26.0 Å². The molecule has 0 aromatic carbocycles. The normalized spacial score (nSPS) is 13.8. The minimum Gasteiger partial charge on any atom is -0.363 e. The third-order valence-electron chi connectivity index (χ3n) is 1.82. The molecule has 0 amide bonds. The molecular formula is C6H9NO7P2. The fourth-order valence-electron chi connectivity index (χ4n) is 1.03. The Bertz CT molecular complexity index is 441. The van der Waals surface area contributed by atoms with Gasteiger partial charge in [-0.2, -0.15) is 0 Å². The lowest BCUT2D eigenvalue weighted by Gasteiger charge is -2.28. The lowest BCUT2D eigenvalue weighted by atomic mass is 10.4. The van der Waals surface area contributed by atoms with E-state index in [-0.39, 0.29) is 0 Å². The Morgan fingerprint density at radius 1 is 1.06 bits per heavy atom. The first-order valence-corrected chi connectivity index (χ1v) is 7.08. The van der Waals surface area contributed by atoms with E-state index in [0.717, 1.165) is 12.3 Å². The SMILES string of the molecule is O=P(O)(O)C(O)(c1ccccn1)P(=O)(O)O. The first-order chi connectivity index (χ1) is 7.11. The maximum absolute atomic E-state index is 11.0. The second kappa shape index (κ2) is 4.01. The van der Waals surface area contributed by atoms with Gasteiger partial charge in [-0.1, -0.05) is 6.07 Å². The zero-order chi connectivity index (χ0) is 12.6. The third kappa shape index (κ3) is 2.09. The van der Waals surface area contributed by atoms with Crippen molar-refractivity contribution in [2.45, 2.75) is 5.08 Å². The Morgan fingerprint density at radius 2 is 1.56 bits per heavy atom. The van der Waals surface area contributed by atoms with Crippen LogP contribution in [0.1, 0.15) is 5.69 Å². The minimum atomic E-state index is -5.50. The Labute approximate surface area is 89.9 Å². The third-order valence-corrected chi connectivity index (χ3v) is 5.47. The number of rotatable bonds is 3. The Hall–Kier alpha value is -0.590. The summed E-state index contributed by atoms with van der Waals surface area (Å²) < 4.78 is 22.0. The summed E-state index contributed by atoms with van der Waals surface area (Å²) in [5, 5.41) is 5.96. The Balaban J connectivity index is 3.52. The van der Waals surface area contributed by atoms with Crippen LogP contribution in [0, 0.1) is 0 Å². The van der Waals surface area contributed by atoms with Crippen molar-refractivity contribution < 1.29 is 33.8 Å². The molecule has 0 bridgehead atoms. The molecule has 1 heterocycles. The lowest BCUT2D eigenvalue weighted by molar-refractivity contribution is 0.127. The van der Waals surface area contributed by atoms with E-state index in [1.54, 1.807) is 0 Å². The number of aliphatic hydroxyl groups is 1. The van der Waals surface area contributed by atoms with Crippen LogP contribution in [0.5, 0.6) is 0 Å². The Morgan fingerprint density at radius 3 is 1.88 bits per heavy atom. The molecule has 0 saturated carbocycles. The highest BCUT2D eigenvalue weighted by atomic mass is 31.2. The molecule has 0 aliphatic carbocycles. The van der Waals surface area contributed by atoms with Crippen LogP contribution in [-0.2, 0) is 14.2 Å². The van der Waals surface area contributed by atoms with Crippen molar-refractivity contribution in [3.8, 4) is 0 Å². The average Bonchev–Trinajstić information content (AvgIpc) is 2.14. The summed E-state index contributed by atoms with van der Waals surface area (Å²) in [7, 11) is -11.0. The number of hydrogen-bond donors (Lipinski definition) is 5. The molecular weight excluding hydrogens is 260 g/mol. The van der Waals surface area contributed by atoms with Crippen molar-refractivity contribution in [3.05, 3.63) is 30.1 Å². The van der Waals surface area contributed by atoms with Crippen molar-refractivity contribution in [3.63, 3.8) is 0 Å². The van der Waals surface area contributed by atoms with Gasteiger partial charge in [0.2, 0.25) is 0 Å². The van der Waals surface area contributed by atoms with Crippen molar-refractivity contribution in [1.82, 2.24) is 4.98 Å². The van der Waals surface area contributed by atoms with E-state index in [1.165, 1.54) is 12.1 Å². The molecule has 0 radical (unpaired) electrons. The fourth-order valence-corrected chi connectivity index (χ4v) is 3.25. The first-order valence-electron chi connectivity index (χ1n) is 3.86. The van der Waals surface area contributed by atoms with Gasteiger partial charge in [-0.3, -0.25) is 14.1 Å². The molecule has 1 aromatic heterocycles. The first kappa shape index (κ1) is 13.5. The molecule has 10 heteroatoms. The van der Waals surface area contributed by atoms with E-state index in [9.17, 15) is 14.2 Å². The summed E-state index contributed by atoms with van der Waals surface area (Å²) in [4.78, 5) is 38.8. The van der Waals surface area contributed by atoms with Crippen molar-refractivity contribution in [2.75, 3.05) is 0 Å². The average molecular weight is 269 g/mol. The van der Waals surface area contributed by atoms with Gasteiger partial charge < -0.3 is 24.7 Å². The highest BCUT2D eigenvalue weighted by Gasteiger charge is 2.61. The van der Waals surface area contributed by atoms with Crippen LogP contribution in [0.2, 0.25) is 0 Å². The summed E-state index contributed by atoms with van der Waals surface area (Å²) in [5.41, 5.74) is -0.781. The molecule has 0 atom stereocenters. The zero-order valence-electron chi connectivity index (χ0n) is 7.70. The molecule has 0 saturated heterocycles. The van der Waals surface area contributed by atoms with Gasteiger partial charge >= 0.3 is 20.3 Å². The Kier molecular flexibility index (Phi) is 3.38. The predicted molar refractivity (Wildman–Crippen MR) is 52.2 cm³/mol. The zero-order valence-corrected chi connectivity index (χ0v) is 9.49. The van der Waals surface area contributed by atoms with E-state index >= 15 is 0 Å². The number of aromatic nitrogens is 1. The molecule has 0 aliphatic rings. The van der Waals surface area contributed by atoms with Gasteiger partial charge in [-0.25, -0.2) is 0 Å². The molecule has 0 spiro atoms. The van der Waals surface area contributed by atoms with Gasteiger partial charge in [0.15, 0.2) is 0 Å². The standard InChI is InChI=1S/C6H9NO7P2/c8-6(15(9,10)11,16(12,13)14)5-3-1-2-4-7-5/h1-4,8H,(H2,9,10,11)(H2,12,13,14). The molecule has 0 unspecified atom stereocenters. The quantitative estimate of drug-likeness (QED) is 0.463. The number of nitrogens with zero attached hydrogens (tertiary/aromatic N) is 1. The fraction of sp³-hybridized carbons (Fsp3) is 0.167. The van der Waals surface area contributed by atoms with Crippen molar-refractivity contribution in [2.24, 2.45) is 0 Å². The maximum Gasteiger partial charge on any atom is 0.375 e. The number of pyridine rings is 1. The van der Waals surface area contributed by atoms with Gasteiger partial charge in [0.05, 0.1) is 5.69 Å². The molecule has 5 N–H and O–H groups in total. The van der Waals surface area contributed by atoms with Gasteiger partial charge in [0, 0.05) is 6.20 Å². The van der Waals surface area contributed by atoms with Crippen molar-refractivity contribution >= 4 is 15.2 Å². The summed E-state index contributed by atoms with van der Waals surface area (Å²) in [6.45, 7) is 0. The van der Waals surface area contributed by atoms with Crippen LogP contribution >= 0.6 is 15.2 Å². The van der Waals surface area contributed by atoms with Gasteiger partial charge in [0.1, 0.15) is 0 Å². The summed E-state index contributed by atoms with van der Waals surface area (Å²) in [6.07, 6.45) is 1.05. The van der Waals surface area contributed by atoms with Crippen LogP contribution in [0.4, 0.5) is 0 Å². The molecule has 0 aliphatic heterocycles. The summed E-state index contributed by atoms with van der Waals surface area (Å²) in [5.74, 6) is 0. The molecule has 8 nitrogen and oxygen atoms in total. The maximum atomic E-state index is 11.0. The van der Waals surface area contributed by atoms with E-state index in [0.29, 0.717) is 0 Å². The topological polar surface area (TPSA) is 148 Å².